The molecule has 0 aliphatic carbocycles. The summed E-state index contributed by atoms with van der Waals surface area (Å²) in [6, 6.07) is -0.145. The van der Waals surface area contributed by atoms with E-state index in [1.165, 1.54) is 0 Å². The van der Waals surface area contributed by atoms with Crippen LogP contribution in [0.4, 0.5) is 4.79 Å². The Morgan fingerprint density at radius 3 is 2.26 bits per heavy atom. The number of urea groups is 1. The number of piperidine rings is 1. The number of rotatable bonds is 4. The predicted molar refractivity (Wildman–Crippen MR) is 74.0 cm³/mol. The fourth-order valence-electron chi connectivity index (χ4n) is 2.56. The molecule has 0 unspecified atom stereocenters. The van der Waals surface area contributed by atoms with Crippen molar-refractivity contribution >= 4 is 12.0 Å². The second-order valence-corrected chi connectivity index (χ2v) is 6.45. The molecular weight excluding hydrogens is 244 g/mol. The van der Waals surface area contributed by atoms with Gasteiger partial charge >= 0.3 is 12.0 Å². The Kier molecular flexibility index (Phi) is 5.20. The fraction of sp³-hybridized carbons (Fsp3) is 0.857. The Hall–Kier alpha value is -1.26. The van der Waals surface area contributed by atoms with Crippen LogP contribution < -0.4 is 5.32 Å². The zero-order chi connectivity index (χ0) is 14.6. The van der Waals surface area contributed by atoms with Crippen molar-refractivity contribution in [1.82, 2.24) is 10.2 Å². The molecule has 0 atom stereocenters. The van der Waals surface area contributed by atoms with Crippen molar-refractivity contribution in [2.24, 2.45) is 11.8 Å². The maximum Gasteiger partial charge on any atom is 0.317 e. The van der Waals surface area contributed by atoms with Gasteiger partial charge < -0.3 is 15.3 Å². The van der Waals surface area contributed by atoms with E-state index in [4.69, 9.17) is 5.11 Å². The van der Waals surface area contributed by atoms with Gasteiger partial charge in [-0.15, -0.1) is 0 Å². The Labute approximate surface area is 115 Å². The monoisotopic (exact) mass is 270 g/mol. The average molecular weight is 270 g/mol. The van der Waals surface area contributed by atoms with Gasteiger partial charge in [0.2, 0.25) is 0 Å². The molecule has 1 aliphatic heterocycles. The SMILES string of the molecule is CC(C)C1CCN(C(=O)NC(C)(C)CC(=O)O)CC1. The van der Waals surface area contributed by atoms with Crippen LogP contribution in [0.15, 0.2) is 0 Å². The van der Waals surface area contributed by atoms with E-state index in [1.54, 1.807) is 18.7 Å². The summed E-state index contributed by atoms with van der Waals surface area (Å²) in [7, 11) is 0. The summed E-state index contributed by atoms with van der Waals surface area (Å²) >= 11 is 0. The molecule has 0 radical (unpaired) electrons. The quantitative estimate of drug-likeness (QED) is 0.823. The standard InChI is InChI=1S/C14H26N2O3/c1-10(2)11-5-7-16(8-6-11)13(19)15-14(3,4)9-12(17)18/h10-11H,5-9H2,1-4H3,(H,15,19)(H,17,18). The largest absolute Gasteiger partial charge is 0.481 e. The van der Waals surface area contributed by atoms with Crippen molar-refractivity contribution in [2.75, 3.05) is 13.1 Å². The lowest BCUT2D eigenvalue weighted by Crippen LogP contribution is -2.52. The van der Waals surface area contributed by atoms with Gasteiger partial charge in [-0.3, -0.25) is 4.79 Å². The summed E-state index contributed by atoms with van der Waals surface area (Å²) in [5.41, 5.74) is -0.711. The van der Waals surface area contributed by atoms with E-state index in [0.717, 1.165) is 25.9 Å². The Balaban J connectivity index is 2.45. The molecule has 1 aliphatic rings. The first kappa shape index (κ1) is 15.8. The molecule has 2 amide bonds. The lowest BCUT2D eigenvalue weighted by molar-refractivity contribution is -0.138. The highest BCUT2D eigenvalue weighted by Gasteiger charge is 2.29. The van der Waals surface area contributed by atoms with Gasteiger partial charge in [-0.05, 0) is 38.5 Å². The molecule has 0 aromatic rings. The number of carboxylic acids is 1. The van der Waals surface area contributed by atoms with Crippen LogP contribution in [0.3, 0.4) is 0 Å². The van der Waals surface area contributed by atoms with Crippen LogP contribution in [0.25, 0.3) is 0 Å². The van der Waals surface area contributed by atoms with Gasteiger partial charge in [0, 0.05) is 18.6 Å². The van der Waals surface area contributed by atoms with Crippen LogP contribution in [0.5, 0.6) is 0 Å². The molecule has 0 spiro atoms. The van der Waals surface area contributed by atoms with E-state index in [9.17, 15) is 9.59 Å². The molecule has 1 rings (SSSR count). The molecule has 5 heteroatoms. The van der Waals surface area contributed by atoms with Crippen LogP contribution in [-0.4, -0.2) is 40.6 Å². The van der Waals surface area contributed by atoms with Gasteiger partial charge in [-0.2, -0.15) is 0 Å². The van der Waals surface area contributed by atoms with E-state index in [0.29, 0.717) is 11.8 Å². The molecule has 1 heterocycles. The summed E-state index contributed by atoms with van der Waals surface area (Å²) in [6.45, 7) is 9.43. The van der Waals surface area contributed by atoms with Crippen molar-refractivity contribution in [3.8, 4) is 0 Å². The van der Waals surface area contributed by atoms with E-state index >= 15 is 0 Å². The minimum Gasteiger partial charge on any atom is -0.481 e. The summed E-state index contributed by atoms with van der Waals surface area (Å²) in [6.07, 6.45) is 2.00. The Morgan fingerprint density at radius 1 is 1.32 bits per heavy atom. The second-order valence-electron chi connectivity index (χ2n) is 6.45. The summed E-state index contributed by atoms with van der Waals surface area (Å²) < 4.78 is 0. The predicted octanol–water partition coefficient (Wildman–Crippen LogP) is 2.32. The average Bonchev–Trinajstić information content (AvgIpc) is 2.26. The van der Waals surface area contributed by atoms with Crippen LogP contribution in [-0.2, 0) is 4.79 Å². The first-order chi connectivity index (χ1) is 8.71. The third-order valence-corrected chi connectivity index (χ3v) is 3.81. The van der Waals surface area contributed by atoms with Gasteiger partial charge in [0.15, 0.2) is 0 Å². The Bertz CT molecular complexity index is 332. The topological polar surface area (TPSA) is 69.6 Å². The van der Waals surface area contributed by atoms with E-state index in [1.807, 2.05) is 0 Å². The van der Waals surface area contributed by atoms with E-state index in [2.05, 4.69) is 19.2 Å². The number of aliphatic carboxylic acids is 1. The molecule has 0 saturated carbocycles. The van der Waals surface area contributed by atoms with Crippen LogP contribution in [0, 0.1) is 11.8 Å². The first-order valence-corrected chi connectivity index (χ1v) is 7.00. The van der Waals surface area contributed by atoms with Gasteiger partial charge in [0.25, 0.3) is 0 Å². The lowest BCUT2D eigenvalue weighted by atomic mass is 9.87. The fourth-order valence-corrected chi connectivity index (χ4v) is 2.56. The normalized spacial score (nSPS) is 17.6. The van der Waals surface area contributed by atoms with E-state index < -0.39 is 11.5 Å². The van der Waals surface area contributed by atoms with E-state index in [-0.39, 0.29) is 12.5 Å². The summed E-state index contributed by atoms with van der Waals surface area (Å²) in [5, 5.41) is 11.6. The highest BCUT2D eigenvalue weighted by atomic mass is 16.4. The molecular formula is C14H26N2O3. The van der Waals surface area contributed by atoms with Crippen molar-refractivity contribution < 1.29 is 14.7 Å². The van der Waals surface area contributed by atoms with Crippen LogP contribution in [0.1, 0.15) is 47.0 Å². The van der Waals surface area contributed by atoms with Crippen molar-refractivity contribution in [3.05, 3.63) is 0 Å². The number of carbonyl (C=O) groups excluding carboxylic acids is 1. The minimum atomic E-state index is -0.899. The molecule has 0 bridgehead atoms. The van der Waals surface area contributed by atoms with Gasteiger partial charge in [-0.25, -0.2) is 4.79 Å². The van der Waals surface area contributed by atoms with Crippen LogP contribution in [0.2, 0.25) is 0 Å². The first-order valence-electron chi connectivity index (χ1n) is 7.00. The number of hydrogen-bond acceptors (Lipinski definition) is 2. The Morgan fingerprint density at radius 2 is 1.84 bits per heavy atom. The van der Waals surface area contributed by atoms with Crippen LogP contribution >= 0.6 is 0 Å². The van der Waals surface area contributed by atoms with Gasteiger partial charge in [0.1, 0.15) is 0 Å². The third kappa shape index (κ3) is 5.09. The zero-order valence-corrected chi connectivity index (χ0v) is 12.4. The molecule has 1 fully saturated rings. The molecule has 0 aromatic carbocycles. The number of nitrogens with zero attached hydrogens (tertiary/aromatic N) is 1. The second kappa shape index (κ2) is 6.26. The number of hydrogen-bond donors (Lipinski definition) is 2. The van der Waals surface area contributed by atoms with Gasteiger partial charge in [0.05, 0.1) is 6.42 Å². The molecule has 110 valence electrons. The molecule has 0 aromatic heterocycles. The zero-order valence-electron chi connectivity index (χ0n) is 12.4. The number of likely N-dealkylation sites (tertiary alicyclic amines) is 1. The lowest BCUT2D eigenvalue weighted by Gasteiger charge is -2.36. The highest BCUT2D eigenvalue weighted by Crippen LogP contribution is 2.24. The minimum absolute atomic E-state index is 0.0683. The maximum atomic E-state index is 12.1. The third-order valence-electron chi connectivity index (χ3n) is 3.81. The smallest absolute Gasteiger partial charge is 0.317 e. The summed E-state index contributed by atoms with van der Waals surface area (Å²) in [4.78, 5) is 24.6. The molecule has 19 heavy (non-hydrogen) atoms. The van der Waals surface area contributed by atoms with Gasteiger partial charge in [-0.1, -0.05) is 13.8 Å². The van der Waals surface area contributed by atoms with Crippen molar-refractivity contribution in [2.45, 2.75) is 52.5 Å². The number of carboxylic acid groups (broad SMARTS) is 1. The maximum absolute atomic E-state index is 12.1. The number of nitrogens with one attached hydrogen (secondary N) is 1. The number of carbonyl (C=O) groups is 2. The number of amides is 2. The van der Waals surface area contributed by atoms with Crippen molar-refractivity contribution in [3.63, 3.8) is 0 Å². The highest BCUT2D eigenvalue weighted by molar-refractivity contribution is 5.76. The van der Waals surface area contributed by atoms with Crippen molar-refractivity contribution in [1.29, 1.82) is 0 Å². The molecule has 5 nitrogen and oxygen atoms in total. The molecule has 2 N–H and O–H groups in total. The molecule has 1 saturated heterocycles. The summed E-state index contributed by atoms with van der Waals surface area (Å²) in [5.74, 6) is 0.452.